The van der Waals surface area contributed by atoms with Crippen LogP contribution in [-0.2, 0) is 4.79 Å². The number of nitrogens with zero attached hydrogens (tertiary/aromatic N) is 2. The van der Waals surface area contributed by atoms with Gasteiger partial charge in [0.1, 0.15) is 5.75 Å². The number of hydrazone groups is 1. The molecule has 1 atom stereocenters. The highest BCUT2D eigenvalue weighted by Crippen LogP contribution is 2.43. The number of benzene rings is 2. The normalized spacial score (nSPS) is 17.9. The van der Waals surface area contributed by atoms with Crippen LogP contribution in [0.2, 0.25) is 0 Å². The minimum absolute atomic E-state index is 0.0843. The van der Waals surface area contributed by atoms with E-state index in [-0.39, 0.29) is 18.1 Å². The Morgan fingerprint density at radius 3 is 2.72 bits per heavy atom. The molecule has 29 heavy (non-hydrogen) atoms. The second-order valence-corrected chi connectivity index (χ2v) is 9.20. The first-order valence-corrected chi connectivity index (χ1v) is 10.6. The van der Waals surface area contributed by atoms with Gasteiger partial charge < -0.3 is 9.64 Å². The maximum absolute atomic E-state index is 12.0. The molecule has 5 nitrogen and oxygen atoms in total. The summed E-state index contributed by atoms with van der Waals surface area (Å²) < 4.78 is 6.42. The Bertz CT molecular complexity index is 922. The van der Waals surface area contributed by atoms with Gasteiger partial charge in [-0.1, -0.05) is 22.9 Å². The van der Waals surface area contributed by atoms with Crippen molar-refractivity contribution >= 4 is 33.7 Å². The Labute approximate surface area is 181 Å². The summed E-state index contributed by atoms with van der Waals surface area (Å²) in [6.45, 7) is 8.82. The fourth-order valence-corrected chi connectivity index (χ4v) is 4.02. The molecular weight excluding hydrogens is 430 g/mol. The third-order valence-corrected chi connectivity index (χ3v) is 6.13. The van der Waals surface area contributed by atoms with Crippen molar-refractivity contribution in [3.63, 3.8) is 0 Å². The van der Waals surface area contributed by atoms with Crippen LogP contribution >= 0.6 is 15.9 Å². The van der Waals surface area contributed by atoms with Crippen molar-refractivity contribution in [2.75, 3.05) is 18.6 Å². The number of nitrogens with one attached hydrogen (secondary N) is 1. The fourth-order valence-electron chi connectivity index (χ4n) is 3.76. The van der Waals surface area contributed by atoms with Gasteiger partial charge in [-0.25, -0.2) is 5.43 Å². The molecule has 0 fully saturated rings. The number of anilines is 1. The molecule has 0 aliphatic carbocycles. The van der Waals surface area contributed by atoms with Crippen molar-refractivity contribution in [2.24, 2.45) is 5.10 Å². The van der Waals surface area contributed by atoms with E-state index in [0.29, 0.717) is 11.7 Å². The van der Waals surface area contributed by atoms with E-state index in [0.717, 1.165) is 22.0 Å². The minimum Gasteiger partial charge on any atom is -0.484 e. The van der Waals surface area contributed by atoms with Gasteiger partial charge in [-0.2, -0.15) is 5.10 Å². The Morgan fingerprint density at radius 2 is 2.03 bits per heavy atom. The molecular formula is C23H28BrN3O2. The Morgan fingerprint density at radius 1 is 1.34 bits per heavy atom. The molecule has 1 heterocycles. The number of aryl methyl sites for hydroxylation is 1. The van der Waals surface area contributed by atoms with Gasteiger partial charge in [0.25, 0.3) is 5.91 Å². The number of ether oxygens (including phenoxy) is 1. The smallest absolute Gasteiger partial charge is 0.277 e. The van der Waals surface area contributed by atoms with Gasteiger partial charge in [-0.3, -0.25) is 4.79 Å². The van der Waals surface area contributed by atoms with Crippen LogP contribution in [0, 0.1) is 6.92 Å². The summed E-state index contributed by atoms with van der Waals surface area (Å²) in [6.07, 6.45) is 2.81. The number of hydrogen-bond donors (Lipinski definition) is 1. The first-order valence-electron chi connectivity index (χ1n) is 9.76. The number of fused-ring (bicyclic) bond motifs is 1. The molecule has 1 aliphatic heterocycles. The van der Waals surface area contributed by atoms with Crippen molar-refractivity contribution in [1.29, 1.82) is 0 Å². The molecule has 154 valence electrons. The van der Waals surface area contributed by atoms with Gasteiger partial charge in [-0.05, 0) is 86.2 Å². The largest absolute Gasteiger partial charge is 0.484 e. The van der Waals surface area contributed by atoms with Crippen LogP contribution in [0.25, 0.3) is 0 Å². The second kappa shape index (κ2) is 8.57. The number of hydrogen-bond acceptors (Lipinski definition) is 4. The number of carbonyl (C=O) groups is 1. The molecule has 0 bridgehead atoms. The molecule has 0 saturated heterocycles. The predicted molar refractivity (Wildman–Crippen MR) is 122 cm³/mol. The van der Waals surface area contributed by atoms with Crippen molar-refractivity contribution in [1.82, 2.24) is 5.43 Å². The quantitative estimate of drug-likeness (QED) is 0.507. The Balaban J connectivity index is 1.64. The highest BCUT2D eigenvalue weighted by atomic mass is 79.9. The molecule has 0 saturated carbocycles. The van der Waals surface area contributed by atoms with E-state index in [1.807, 2.05) is 12.1 Å². The van der Waals surface area contributed by atoms with Crippen LogP contribution in [0.15, 0.2) is 46.0 Å². The molecule has 3 rings (SSSR count). The number of halogens is 1. The maximum Gasteiger partial charge on any atom is 0.277 e. The SMILES string of the molecule is Cc1cc2c(cc1/C=N\NC(=O)COc1ccc(Br)cc1)[C@@H](C)CC(C)(C)N2C. The molecule has 1 aliphatic rings. The van der Waals surface area contributed by atoms with E-state index < -0.39 is 0 Å². The van der Waals surface area contributed by atoms with E-state index in [2.05, 4.69) is 78.2 Å². The lowest BCUT2D eigenvalue weighted by Crippen LogP contribution is -2.45. The zero-order valence-corrected chi connectivity index (χ0v) is 19.2. The van der Waals surface area contributed by atoms with Crippen LogP contribution in [0.5, 0.6) is 5.75 Å². The average molecular weight is 458 g/mol. The molecule has 0 spiro atoms. The van der Waals surface area contributed by atoms with Crippen molar-refractivity contribution < 1.29 is 9.53 Å². The molecule has 2 aromatic rings. The van der Waals surface area contributed by atoms with Crippen molar-refractivity contribution in [3.8, 4) is 5.75 Å². The summed E-state index contributed by atoms with van der Waals surface area (Å²) in [7, 11) is 2.16. The van der Waals surface area contributed by atoms with Crippen molar-refractivity contribution in [2.45, 2.75) is 45.6 Å². The van der Waals surface area contributed by atoms with Crippen LogP contribution in [-0.4, -0.2) is 31.3 Å². The molecule has 0 unspecified atom stereocenters. The molecule has 2 aromatic carbocycles. The maximum atomic E-state index is 12.0. The van der Waals surface area contributed by atoms with Gasteiger partial charge in [0, 0.05) is 22.7 Å². The summed E-state index contributed by atoms with van der Waals surface area (Å²) in [4.78, 5) is 14.4. The highest BCUT2D eigenvalue weighted by Gasteiger charge is 2.34. The van der Waals surface area contributed by atoms with Crippen LogP contribution < -0.4 is 15.1 Å². The second-order valence-electron chi connectivity index (χ2n) is 8.28. The predicted octanol–water partition coefficient (Wildman–Crippen LogP) is 5.01. The Kier molecular flexibility index (Phi) is 6.32. The van der Waals surface area contributed by atoms with Crippen LogP contribution in [0.1, 0.15) is 49.8 Å². The molecule has 1 amide bonds. The summed E-state index contributed by atoms with van der Waals surface area (Å²) in [6, 6.07) is 11.7. The van der Waals surface area contributed by atoms with Crippen LogP contribution in [0.4, 0.5) is 5.69 Å². The molecule has 1 N–H and O–H groups in total. The highest BCUT2D eigenvalue weighted by molar-refractivity contribution is 9.10. The van der Waals surface area contributed by atoms with Gasteiger partial charge in [0.05, 0.1) is 6.21 Å². The van der Waals surface area contributed by atoms with E-state index in [1.165, 1.54) is 11.3 Å². The first-order chi connectivity index (χ1) is 13.7. The van der Waals surface area contributed by atoms with Crippen LogP contribution in [0.3, 0.4) is 0 Å². The third kappa shape index (κ3) is 4.99. The zero-order valence-electron chi connectivity index (χ0n) is 17.6. The lowest BCUT2D eigenvalue weighted by Gasteiger charge is -2.45. The van der Waals surface area contributed by atoms with Gasteiger partial charge in [-0.15, -0.1) is 0 Å². The summed E-state index contributed by atoms with van der Waals surface area (Å²) >= 11 is 3.37. The number of carbonyl (C=O) groups excluding carboxylic acids is 1. The summed E-state index contributed by atoms with van der Waals surface area (Å²) in [5.74, 6) is 0.811. The molecule has 0 aromatic heterocycles. The van der Waals surface area contributed by atoms with Crippen molar-refractivity contribution in [3.05, 3.63) is 57.6 Å². The van der Waals surface area contributed by atoms with E-state index in [9.17, 15) is 4.79 Å². The van der Waals surface area contributed by atoms with Gasteiger partial charge in [0.15, 0.2) is 6.61 Å². The zero-order chi connectivity index (χ0) is 21.2. The molecule has 0 radical (unpaired) electrons. The summed E-state index contributed by atoms with van der Waals surface area (Å²) in [5, 5.41) is 4.12. The monoisotopic (exact) mass is 457 g/mol. The van der Waals surface area contributed by atoms with Gasteiger partial charge >= 0.3 is 0 Å². The number of rotatable bonds is 5. The minimum atomic E-state index is -0.297. The lowest BCUT2D eigenvalue weighted by atomic mass is 9.79. The third-order valence-electron chi connectivity index (χ3n) is 5.60. The van der Waals surface area contributed by atoms with Gasteiger partial charge in [0.2, 0.25) is 0 Å². The standard InChI is InChI=1S/C23H28BrN3O2/c1-15-10-21-20(16(2)12-23(3,4)27(21)5)11-17(15)13-25-26-22(28)14-29-19-8-6-18(24)7-9-19/h6-11,13,16H,12,14H2,1-5H3,(H,26,28)/b25-13-/t16-/m0/s1. The first kappa shape index (κ1) is 21.4. The van der Waals surface area contributed by atoms with E-state index in [4.69, 9.17) is 4.74 Å². The lowest BCUT2D eigenvalue weighted by molar-refractivity contribution is -0.123. The fraction of sp³-hybridized carbons (Fsp3) is 0.391. The average Bonchev–Trinajstić information content (AvgIpc) is 2.66. The topological polar surface area (TPSA) is 53.9 Å². The number of amides is 1. The van der Waals surface area contributed by atoms with E-state index in [1.54, 1.807) is 18.3 Å². The Hall–Kier alpha value is -2.34. The van der Waals surface area contributed by atoms with E-state index >= 15 is 0 Å². The molecule has 6 heteroatoms. The summed E-state index contributed by atoms with van der Waals surface area (Å²) in [5.41, 5.74) is 7.41.